The molecule has 0 bridgehead atoms. The Morgan fingerprint density at radius 1 is 1.20 bits per heavy atom. The van der Waals surface area contributed by atoms with Crippen LogP contribution in [-0.2, 0) is 19.0 Å². The van der Waals surface area contributed by atoms with Gasteiger partial charge in [-0.15, -0.1) is 0 Å². The van der Waals surface area contributed by atoms with Gasteiger partial charge in [0.25, 0.3) is 0 Å². The van der Waals surface area contributed by atoms with E-state index in [9.17, 15) is 14.7 Å². The van der Waals surface area contributed by atoms with E-state index >= 15 is 0 Å². The lowest BCUT2D eigenvalue weighted by atomic mass is 10.0. The fourth-order valence-electron chi connectivity index (χ4n) is 2.72. The van der Waals surface area contributed by atoms with Gasteiger partial charge in [0.1, 0.15) is 11.9 Å². The number of nitrogens with one attached hydrogen (secondary N) is 1. The summed E-state index contributed by atoms with van der Waals surface area (Å²) in [6.07, 6.45) is -2.10. The number of aromatic hydroxyl groups is 1. The number of ether oxygens (including phenoxy) is 3. The van der Waals surface area contributed by atoms with Crippen LogP contribution in [0, 0.1) is 6.92 Å². The Bertz CT molecular complexity index is 861. The molecule has 2 atom stereocenters. The number of phenols is 1. The Labute approximate surface area is 189 Å². The molecule has 0 unspecified atom stereocenters. The highest BCUT2D eigenvalue weighted by Crippen LogP contribution is 2.34. The zero-order valence-electron chi connectivity index (χ0n) is 16.6. The van der Waals surface area contributed by atoms with Crippen LogP contribution in [-0.4, -0.2) is 42.7 Å². The third-order valence-corrected chi connectivity index (χ3v) is 5.01. The Morgan fingerprint density at radius 3 is 2.53 bits per heavy atom. The highest BCUT2D eigenvalue weighted by atomic mass is 79.9. The molecule has 7 nitrogen and oxygen atoms in total. The topological polar surface area (TPSA) is 94.1 Å². The molecular formula is C21H24BrNO6S. The smallest absolute Gasteiger partial charge is 0.412 e. The molecule has 2 aromatic carbocycles. The van der Waals surface area contributed by atoms with Gasteiger partial charge in [-0.1, -0.05) is 33.6 Å². The summed E-state index contributed by atoms with van der Waals surface area (Å²) in [6, 6.07) is 12.0. The average Bonchev–Trinajstić information content (AvgIpc) is 2.73. The molecule has 2 N–H and O–H groups in total. The number of thiol groups is 1. The van der Waals surface area contributed by atoms with Crippen molar-refractivity contribution in [1.82, 2.24) is 0 Å². The van der Waals surface area contributed by atoms with Crippen LogP contribution in [0.25, 0.3) is 0 Å². The second-order valence-corrected chi connectivity index (χ2v) is 7.69. The molecule has 2 rings (SSSR count). The maximum absolute atomic E-state index is 12.5. The molecule has 1 amide bonds. The number of aryl methyl sites for hydroxylation is 1. The normalized spacial score (nSPS) is 12.7. The molecule has 0 aliphatic rings. The van der Waals surface area contributed by atoms with E-state index in [0.29, 0.717) is 15.7 Å². The number of amides is 1. The lowest BCUT2D eigenvalue weighted by molar-refractivity contribution is -0.141. The number of hydrogen-bond donors (Lipinski definition) is 3. The number of benzene rings is 2. The summed E-state index contributed by atoms with van der Waals surface area (Å²) < 4.78 is 16.9. The first kappa shape index (κ1) is 24.0. The minimum Gasteiger partial charge on any atom is -0.508 e. The van der Waals surface area contributed by atoms with Gasteiger partial charge in [-0.2, -0.15) is 12.6 Å². The van der Waals surface area contributed by atoms with Gasteiger partial charge in [0.2, 0.25) is 0 Å². The second-order valence-electron chi connectivity index (χ2n) is 6.46. The van der Waals surface area contributed by atoms with E-state index < -0.39 is 24.3 Å². The van der Waals surface area contributed by atoms with E-state index in [1.807, 2.05) is 19.1 Å². The van der Waals surface area contributed by atoms with Crippen molar-refractivity contribution in [1.29, 1.82) is 0 Å². The summed E-state index contributed by atoms with van der Waals surface area (Å²) in [5, 5.41) is 13.0. The molecule has 0 aliphatic heterocycles. The van der Waals surface area contributed by atoms with E-state index in [0.717, 1.165) is 5.56 Å². The molecule has 0 aliphatic carbocycles. The quantitative estimate of drug-likeness (QED) is 0.345. The van der Waals surface area contributed by atoms with E-state index in [4.69, 9.17) is 14.2 Å². The van der Waals surface area contributed by atoms with E-state index in [-0.39, 0.29) is 24.5 Å². The van der Waals surface area contributed by atoms with Crippen molar-refractivity contribution in [3.8, 4) is 5.75 Å². The number of methoxy groups -OCH3 is 1. The van der Waals surface area contributed by atoms with Gasteiger partial charge in [-0.25, -0.2) is 4.79 Å². The first-order chi connectivity index (χ1) is 14.3. The van der Waals surface area contributed by atoms with Gasteiger partial charge in [-0.05, 0) is 37.3 Å². The number of anilines is 1. The molecular weight excluding hydrogens is 474 g/mol. The number of phenolic OH excluding ortho intramolecular Hbond substituents is 1. The van der Waals surface area contributed by atoms with Crippen LogP contribution in [0.1, 0.15) is 23.7 Å². The number of hydrogen-bond acceptors (Lipinski definition) is 7. The predicted octanol–water partition coefficient (Wildman–Crippen LogP) is 4.63. The molecule has 0 aromatic heterocycles. The van der Waals surface area contributed by atoms with Crippen molar-refractivity contribution >= 4 is 46.3 Å². The monoisotopic (exact) mass is 497 g/mol. The van der Waals surface area contributed by atoms with Gasteiger partial charge in [0.05, 0.1) is 12.4 Å². The minimum atomic E-state index is -0.951. The summed E-state index contributed by atoms with van der Waals surface area (Å²) >= 11 is 7.22. The Kier molecular flexibility index (Phi) is 9.48. The van der Waals surface area contributed by atoms with Crippen LogP contribution >= 0.6 is 28.6 Å². The van der Waals surface area contributed by atoms with Crippen molar-refractivity contribution in [2.75, 3.05) is 24.8 Å². The molecule has 0 spiro atoms. The standard InChI is InChI=1S/C21H24BrNO6S/c1-13-3-6-15(7-4-13)23-21(26)29-20(16-11-14(22)5-8-17(16)24)18(27-2)9-10-28-19(25)12-30/h3-8,11,18,20,24,30H,9-10,12H2,1-2H3,(H,23,26)/t18-,20-/m0/s1. The Hall–Kier alpha value is -2.23. The maximum atomic E-state index is 12.5. The van der Waals surface area contributed by atoms with Crippen molar-refractivity contribution < 1.29 is 28.9 Å². The lowest BCUT2D eigenvalue weighted by Crippen LogP contribution is -2.29. The molecule has 2 aromatic rings. The van der Waals surface area contributed by atoms with E-state index in [2.05, 4.69) is 33.9 Å². The molecule has 0 heterocycles. The average molecular weight is 498 g/mol. The van der Waals surface area contributed by atoms with E-state index in [1.54, 1.807) is 24.3 Å². The second kappa shape index (κ2) is 11.8. The van der Waals surface area contributed by atoms with Crippen molar-refractivity contribution in [2.45, 2.75) is 25.6 Å². The van der Waals surface area contributed by atoms with Crippen molar-refractivity contribution in [3.05, 3.63) is 58.1 Å². The Balaban J connectivity index is 2.21. The summed E-state index contributed by atoms with van der Waals surface area (Å²) in [6.45, 7) is 1.99. The third-order valence-electron chi connectivity index (χ3n) is 4.26. The van der Waals surface area contributed by atoms with Gasteiger partial charge >= 0.3 is 12.1 Å². The zero-order valence-corrected chi connectivity index (χ0v) is 19.1. The van der Waals surface area contributed by atoms with Crippen LogP contribution in [0.15, 0.2) is 46.9 Å². The summed E-state index contributed by atoms with van der Waals surface area (Å²) in [5.74, 6) is -0.558. The molecule has 9 heteroatoms. The highest BCUT2D eigenvalue weighted by Gasteiger charge is 2.30. The molecule has 0 saturated carbocycles. The van der Waals surface area contributed by atoms with Gasteiger partial charge in [0, 0.05) is 29.3 Å². The van der Waals surface area contributed by atoms with Gasteiger partial charge < -0.3 is 19.3 Å². The Morgan fingerprint density at radius 2 is 1.90 bits per heavy atom. The molecule has 0 fully saturated rings. The largest absolute Gasteiger partial charge is 0.508 e. The fraction of sp³-hybridized carbons (Fsp3) is 0.333. The maximum Gasteiger partial charge on any atom is 0.412 e. The summed E-state index contributed by atoms with van der Waals surface area (Å²) in [5.41, 5.74) is 1.98. The molecule has 30 heavy (non-hydrogen) atoms. The zero-order chi connectivity index (χ0) is 22.1. The predicted molar refractivity (Wildman–Crippen MR) is 120 cm³/mol. The van der Waals surface area contributed by atoms with Crippen LogP contribution in [0.5, 0.6) is 5.75 Å². The van der Waals surface area contributed by atoms with Gasteiger partial charge in [-0.3, -0.25) is 10.1 Å². The number of carbonyl (C=O) groups is 2. The van der Waals surface area contributed by atoms with Crippen molar-refractivity contribution in [3.63, 3.8) is 0 Å². The molecule has 162 valence electrons. The fourth-order valence-corrected chi connectivity index (χ4v) is 3.19. The van der Waals surface area contributed by atoms with Crippen molar-refractivity contribution in [2.24, 2.45) is 0 Å². The van der Waals surface area contributed by atoms with Crippen LogP contribution in [0.2, 0.25) is 0 Å². The van der Waals surface area contributed by atoms with Crippen LogP contribution < -0.4 is 5.32 Å². The first-order valence-corrected chi connectivity index (χ1v) is 10.6. The number of rotatable bonds is 9. The highest BCUT2D eigenvalue weighted by molar-refractivity contribution is 9.10. The SMILES string of the molecule is CO[C@@H](CCOC(=O)CS)[C@@H](OC(=O)Nc1ccc(C)cc1)c1cc(Br)ccc1O. The molecule has 0 saturated heterocycles. The minimum absolute atomic E-state index is 0.0387. The van der Waals surface area contributed by atoms with E-state index in [1.165, 1.54) is 13.2 Å². The number of carbonyl (C=O) groups excluding carboxylic acids is 2. The van der Waals surface area contributed by atoms with Crippen LogP contribution in [0.3, 0.4) is 0 Å². The summed E-state index contributed by atoms with van der Waals surface area (Å²) in [4.78, 5) is 23.9. The summed E-state index contributed by atoms with van der Waals surface area (Å²) in [7, 11) is 1.45. The first-order valence-electron chi connectivity index (χ1n) is 9.16. The lowest BCUT2D eigenvalue weighted by Gasteiger charge is -2.27. The number of esters is 1. The van der Waals surface area contributed by atoms with Crippen LogP contribution in [0.4, 0.5) is 10.5 Å². The third kappa shape index (κ3) is 7.23. The molecule has 0 radical (unpaired) electrons. The number of halogens is 1. The van der Waals surface area contributed by atoms with Gasteiger partial charge in [0.15, 0.2) is 6.10 Å².